The normalized spacial score (nSPS) is 15.7. The summed E-state index contributed by atoms with van der Waals surface area (Å²) in [4.78, 5) is 29.1. The van der Waals surface area contributed by atoms with E-state index in [1.807, 2.05) is 23.9 Å². The minimum Gasteiger partial charge on any atom is -0.378 e. The Morgan fingerprint density at radius 2 is 1.74 bits per heavy atom. The van der Waals surface area contributed by atoms with Crippen LogP contribution in [0.4, 0.5) is 0 Å². The van der Waals surface area contributed by atoms with Crippen LogP contribution in [0.2, 0.25) is 0 Å². The van der Waals surface area contributed by atoms with E-state index in [4.69, 9.17) is 4.74 Å². The highest BCUT2D eigenvalue weighted by molar-refractivity contribution is 5.78. The van der Waals surface area contributed by atoms with Gasteiger partial charge in [0.25, 0.3) is 0 Å². The fourth-order valence-electron chi connectivity index (χ4n) is 1.95. The van der Waals surface area contributed by atoms with Crippen molar-refractivity contribution >= 4 is 11.8 Å². The highest BCUT2D eigenvalue weighted by Gasteiger charge is 2.18. The molecule has 0 radical (unpaired) electrons. The van der Waals surface area contributed by atoms with Gasteiger partial charge in [-0.25, -0.2) is 0 Å². The largest absolute Gasteiger partial charge is 0.378 e. The zero-order valence-electron chi connectivity index (χ0n) is 12.2. The third-order valence-electron chi connectivity index (χ3n) is 3.22. The Kier molecular flexibility index (Phi) is 6.80. The van der Waals surface area contributed by atoms with Gasteiger partial charge in [-0.3, -0.25) is 9.59 Å². The Morgan fingerprint density at radius 1 is 1.11 bits per heavy atom. The van der Waals surface area contributed by atoms with Crippen molar-refractivity contribution in [1.29, 1.82) is 0 Å². The van der Waals surface area contributed by atoms with E-state index >= 15 is 0 Å². The third-order valence-corrected chi connectivity index (χ3v) is 3.22. The van der Waals surface area contributed by atoms with E-state index in [2.05, 4.69) is 0 Å². The molecular weight excluding hydrogens is 246 g/mol. The number of carbonyl (C=O) groups excluding carboxylic acids is 2. The minimum atomic E-state index is 0.0247. The number of amides is 2. The molecule has 0 bridgehead atoms. The van der Waals surface area contributed by atoms with E-state index in [-0.39, 0.29) is 11.8 Å². The second kappa shape index (κ2) is 8.12. The minimum absolute atomic E-state index is 0.0247. The lowest BCUT2D eigenvalue weighted by Crippen LogP contribution is -2.43. The van der Waals surface area contributed by atoms with E-state index in [9.17, 15) is 9.59 Å². The number of hydrogen-bond donors (Lipinski definition) is 0. The van der Waals surface area contributed by atoms with Crippen molar-refractivity contribution in [3.05, 3.63) is 0 Å². The molecule has 6 heteroatoms. The molecule has 1 rings (SSSR count). The number of morpholine rings is 1. The van der Waals surface area contributed by atoms with Crippen LogP contribution in [0.5, 0.6) is 0 Å². The molecule has 1 aliphatic rings. The van der Waals surface area contributed by atoms with Gasteiger partial charge in [-0.05, 0) is 14.1 Å². The molecule has 0 aromatic carbocycles. The van der Waals surface area contributed by atoms with Crippen LogP contribution >= 0.6 is 0 Å². The summed E-state index contributed by atoms with van der Waals surface area (Å²) in [6, 6.07) is 0. The zero-order chi connectivity index (χ0) is 14.3. The van der Waals surface area contributed by atoms with Gasteiger partial charge in [-0.2, -0.15) is 0 Å². The maximum absolute atomic E-state index is 12.0. The van der Waals surface area contributed by atoms with Crippen molar-refractivity contribution in [2.75, 3.05) is 60.0 Å². The van der Waals surface area contributed by atoms with Gasteiger partial charge < -0.3 is 19.4 Å². The smallest absolute Gasteiger partial charge is 0.224 e. The Morgan fingerprint density at radius 3 is 2.26 bits per heavy atom. The molecule has 0 saturated carbocycles. The summed E-state index contributed by atoms with van der Waals surface area (Å²) < 4.78 is 5.21. The van der Waals surface area contributed by atoms with Gasteiger partial charge in [0.2, 0.25) is 11.8 Å². The molecule has 2 amide bonds. The molecule has 1 heterocycles. The van der Waals surface area contributed by atoms with E-state index in [0.29, 0.717) is 45.8 Å². The highest BCUT2D eigenvalue weighted by atomic mass is 16.5. The number of likely N-dealkylation sites (N-methyl/N-ethyl adjacent to an activating group) is 1. The summed E-state index contributed by atoms with van der Waals surface area (Å²) in [6.45, 7) is 6.08. The number of hydrogen-bond acceptors (Lipinski definition) is 4. The summed E-state index contributed by atoms with van der Waals surface area (Å²) in [5.74, 6) is 0.135. The molecule has 0 spiro atoms. The van der Waals surface area contributed by atoms with E-state index in [1.165, 1.54) is 0 Å². The van der Waals surface area contributed by atoms with Crippen molar-refractivity contribution in [3.63, 3.8) is 0 Å². The number of ether oxygens (including phenoxy) is 1. The molecule has 0 atom stereocenters. The van der Waals surface area contributed by atoms with Crippen LogP contribution in [0.25, 0.3) is 0 Å². The predicted octanol–water partition coefficient (Wildman–Crippen LogP) is -0.355. The molecule has 110 valence electrons. The fourth-order valence-corrected chi connectivity index (χ4v) is 1.95. The summed E-state index contributed by atoms with van der Waals surface area (Å²) in [7, 11) is 3.94. The maximum atomic E-state index is 12.0. The topological polar surface area (TPSA) is 53.1 Å². The lowest BCUT2D eigenvalue weighted by Gasteiger charge is -2.28. The Balaban J connectivity index is 2.33. The molecule has 19 heavy (non-hydrogen) atoms. The average Bonchev–Trinajstić information content (AvgIpc) is 2.38. The highest BCUT2D eigenvalue weighted by Crippen LogP contribution is 2.02. The summed E-state index contributed by atoms with van der Waals surface area (Å²) in [6.07, 6.45) is 0.396. The lowest BCUT2D eigenvalue weighted by molar-refractivity contribution is -0.136. The van der Waals surface area contributed by atoms with Crippen molar-refractivity contribution in [2.45, 2.75) is 13.3 Å². The van der Waals surface area contributed by atoms with Crippen LogP contribution in [0, 0.1) is 0 Å². The first-order valence-corrected chi connectivity index (χ1v) is 6.76. The quantitative estimate of drug-likeness (QED) is 0.662. The van der Waals surface area contributed by atoms with Gasteiger partial charge >= 0.3 is 0 Å². The van der Waals surface area contributed by atoms with Gasteiger partial charge in [0.15, 0.2) is 0 Å². The Hall–Kier alpha value is -1.14. The first kappa shape index (κ1) is 15.9. The number of nitrogens with zero attached hydrogens (tertiary/aromatic N) is 3. The molecule has 0 N–H and O–H groups in total. The van der Waals surface area contributed by atoms with Crippen LogP contribution in [0.3, 0.4) is 0 Å². The second-order valence-electron chi connectivity index (χ2n) is 5.05. The van der Waals surface area contributed by atoms with Crippen LogP contribution < -0.4 is 0 Å². The number of rotatable bonds is 6. The van der Waals surface area contributed by atoms with E-state index in [0.717, 1.165) is 6.54 Å². The first-order chi connectivity index (χ1) is 9.00. The number of carbonyl (C=O) groups is 2. The summed E-state index contributed by atoms with van der Waals surface area (Å²) in [5, 5.41) is 0. The molecular formula is C13H25N3O3. The van der Waals surface area contributed by atoms with Crippen molar-refractivity contribution in [2.24, 2.45) is 0 Å². The van der Waals surface area contributed by atoms with Crippen LogP contribution in [0.15, 0.2) is 0 Å². The predicted molar refractivity (Wildman–Crippen MR) is 72.8 cm³/mol. The van der Waals surface area contributed by atoms with Gasteiger partial charge in [0, 0.05) is 46.1 Å². The third kappa shape index (κ3) is 6.02. The first-order valence-electron chi connectivity index (χ1n) is 6.76. The van der Waals surface area contributed by atoms with Gasteiger partial charge in [-0.1, -0.05) is 0 Å². The van der Waals surface area contributed by atoms with Gasteiger partial charge in [-0.15, -0.1) is 0 Å². The second-order valence-corrected chi connectivity index (χ2v) is 5.05. The van der Waals surface area contributed by atoms with E-state index in [1.54, 1.807) is 11.8 Å². The van der Waals surface area contributed by atoms with E-state index < -0.39 is 0 Å². The van der Waals surface area contributed by atoms with Crippen molar-refractivity contribution < 1.29 is 14.3 Å². The molecule has 6 nitrogen and oxygen atoms in total. The molecule has 1 fully saturated rings. The molecule has 1 saturated heterocycles. The lowest BCUT2D eigenvalue weighted by atomic mass is 10.3. The van der Waals surface area contributed by atoms with Crippen molar-refractivity contribution in [1.82, 2.24) is 14.7 Å². The summed E-state index contributed by atoms with van der Waals surface area (Å²) >= 11 is 0. The van der Waals surface area contributed by atoms with Crippen LogP contribution in [-0.4, -0.2) is 86.5 Å². The molecule has 0 aliphatic carbocycles. The molecule has 0 aromatic rings. The SMILES string of the molecule is CC(=O)N(CCC(=O)N1CCOCC1)CCN(C)C. The monoisotopic (exact) mass is 271 g/mol. The summed E-state index contributed by atoms with van der Waals surface area (Å²) in [5.41, 5.74) is 0. The maximum Gasteiger partial charge on any atom is 0.224 e. The van der Waals surface area contributed by atoms with Gasteiger partial charge in [0.1, 0.15) is 0 Å². The van der Waals surface area contributed by atoms with Crippen LogP contribution in [-0.2, 0) is 14.3 Å². The Bertz CT molecular complexity index is 302. The van der Waals surface area contributed by atoms with Gasteiger partial charge in [0.05, 0.1) is 13.2 Å². The zero-order valence-corrected chi connectivity index (χ0v) is 12.2. The molecule has 0 unspecified atom stereocenters. The molecule has 0 aromatic heterocycles. The Labute approximate surface area is 115 Å². The van der Waals surface area contributed by atoms with Crippen LogP contribution in [0.1, 0.15) is 13.3 Å². The fraction of sp³-hybridized carbons (Fsp3) is 0.846. The average molecular weight is 271 g/mol. The standard InChI is InChI=1S/C13H25N3O3/c1-12(17)15(7-6-14(2)3)5-4-13(18)16-8-10-19-11-9-16/h4-11H2,1-3H3. The molecule has 1 aliphatic heterocycles. The van der Waals surface area contributed by atoms with Crippen molar-refractivity contribution in [3.8, 4) is 0 Å².